The molecule has 4 rings (SSSR count). The fraction of sp³-hybridized carbons (Fsp3) is 0.200. The summed E-state index contributed by atoms with van der Waals surface area (Å²) in [7, 11) is 0. The number of anilines is 1. The molecule has 7 heteroatoms. The smallest absolute Gasteiger partial charge is 0.229 e. The molecule has 3 aromatic rings. The fourth-order valence-corrected chi connectivity index (χ4v) is 3.89. The predicted molar refractivity (Wildman–Crippen MR) is 109 cm³/mol. The van der Waals surface area contributed by atoms with E-state index in [2.05, 4.69) is 10.4 Å². The fourth-order valence-electron chi connectivity index (χ4n) is 3.17. The van der Waals surface area contributed by atoms with Crippen LogP contribution in [0.25, 0.3) is 0 Å². The van der Waals surface area contributed by atoms with Gasteiger partial charge in [0.25, 0.3) is 0 Å². The van der Waals surface area contributed by atoms with Gasteiger partial charge in [-0.2, -0.15) is 5.10 Å². The Kier molecular flexibility index (Phi) is 5.13. The lowest BCUT2D eigenvalue weighted by Gasteiger charge is -2.07. The van der Waals surface area contributed by atoms with Crippen LogP contribution >= 0.6 is 34.8 Å². The van der Waals surface area contributed by atoms with Crippen molar-refractivity contribution < 1.29 is 4.79 Å². The Morgan fingerprint density at radius 2 is 1.74 bits per heavy atom. The zero-order chi connectivity index (χ0) is 19.0. The number of nitrogens with zero attached hydrogens (tertiary/aromatic N) is 2. The van der Waals surface area contributed by atoms with E-state index in [9.17, 15) is 4.79 Å². The van der Waals surface area contributed by atoms with Crippen molar-refractivity contribution in [2.75, 3.05) is 5.32 Å². The summed E-state index contributed by atoms with van der Waals surface area (Å²) in [5, 5.41) is 8.70. The van der Waals surface area contributed by atoms with Crippen molar-refractivity contribution in [1.82, 2.24) is 9.78 Å². The molecule has 1 N–H and O–H groups in total. The molecule has 2 atom stereocenters. The lowest BCUT2D eigenvalue weighted by molar-refractivity contribution is -0.117. The van der Waals surface area contributed by atoms with E-state index in [1.807, 2.05) is 30.3 Å². The molecule has 2 aromatic carbocycles. The van der Waals surface area contributed by atoms with E-state index in [-0.39, 0.29) is 17.7 Å². The minimum Gasteiger partial charge on any atom is -0.308 e. The van der Waals surface area contributed by atoms with E-state index in [1.165, 1.54) is 5.56 Å². The molecule has 0 radical (unpaired) electrons. The summed E-state index contributed by atoms with van der Waals surface area (Å²) >= 11 is 18.7. The number of halogens is 3. The molecule has 0 aliphatic heterocycles. The average molecular weight is 421 g/mol. The van der Waals surface area contributed by atoms with Crippen LogP contribution in [0.4, 0.5) is 5.82 Å². The van der Waals surface area contributed by atoms with E-state index in [4.69, 9.17) is 34.8 Å². The molecule has 4 nitrogen and oxygen atoms in total. The summed E-state index contributed by atoms with van der Waals surface area (Å²) in [5.74, 6) is 0.496. The highest BCUT2D eigenvalue weighted by molar-refractivity contribution is 6.36. The van der Waals surface area contributed by atoms with E-state index >= 15 is 0 Å². The van der Waals surface area contributed by atoms with Gasteiger partial charge in [0, 0.05) is 27.7 Å². The van der Waals surface area contributed by atoms with Gasteiger partial charge in [-0.3, -0.25) is 9.48 Å². The van der Waals surface area contributed by atoms with Crippen molar-refractivity contribution in [3.63, 3.8) is 0 Å². The van der Waals surface area contributed by atoms with Crippen molar-refractivity contribution in [2.24, 2.45) is 5.92 Å². The third-order valence-corrected chi connectivity index (χ3v) is 5.68. The van der Waals surface area contributed by atoms with Crippen LogP contribution in [0.15, 0.2) is 54.7 Å². The van der Waals surface area contributed by atoms with Gasteiger partial charge in [0.2, 0.25) is 5.91 Å². The first-order chi connectivity index (χ1) is 13.0. The van der Waals surface area contributed by atoms with Crippen LogP contribution in [0.2, 0.25) is 15.1 Å². The highest BCUT2D eigenvalue weighted by atomic mass is 35.5. The highest BCUT2D eigenvalue weighted by Gasteiger charge is 2.44. The normalized spacial score (nSPS) is 18.3. The van der Waals surface area contributed by atoms with Gasteiger partial charge in [0.15, 0.2) is 5.82 Å². The number of aromatic nitrogens is 2. The number of nitrogens with one attached hydrogen (secondary N) is 1. The number of hydrogen-bond acceptors (Lipinski definition) is 2. The Bertz CT molecular complexity index is 967. The number of hydrogen-bond donors (Lipinski definition) is 1. The largest absolute Gasteiger partial charge is 0.308 e. The molecule has 1 aliphatic rings. The Morgan fingerprint density at radius 1 is 1.04 bits per heavy atom. The van der Waals surface area contributed by atoms with Gasteiger partial charge in [-0.1, -0.05) is 71.2 Å². The van der Waals surface area contributed by atoms with Gasteiger partial charge in [-0.05, 0) is 30.0 Å². The Labute approximate surface area is 172 Å². The first-order valence-electron chi connectivity index (χ1n) is 8.54. The van der Waals surface area contributed by atoms with Crippen molar-refractivity contribution in [1.29, 1.82) is 0 Å². The summed E-state index contributed by atoms with van der Waals surface area (Å²) in [6.07, 6.45) is 2.49. The third kappa shape index (κ3) is 3.98. The van der Waals surface area contributed by atoms with Crippen molar-refractivity contribution in [3.05, 3.63) is 80.9 Å². The topological polar surface area (TPSA) is 46.9 Å². The monoisotopic (exact) mass is 419 g/mol. The van der Waals surface area contributed by atoms with E-state index in [0.717, 1.165) is 12.0 Å². The average Bonchev–Trinajstić information content (AvgIpc) is 3.39. The lowest BCUT2D eigenvalue weighted by Crippen LogP contribution is -2.15. The quantitative estimate of drug-likeness (QED) is 0.581. The van der Waals surface area contributed by atoms with Crippen LogP contribution in [-0.4, -0.2) is 15.7 Å². The SMILES string of the molecule is O=C(Nc1nn(Cc2c(Cl)cccc2Cl)cc1Cl)C1CC1c1ccccc1. The number of rotatable bonds is 5. The molecule has 1 aromatic heterocycles. The number of carbonyl (C=O) groups is 1. The van der Waals surface area contributed by atoms with Gasteiger partial charge in [0.05, 0.1) is 6.54 Å². The lowest BCUT2D eigenvalue weighted by atomic mass is 10.1. The van der Waals surface area contributed by atoms with E-state index < -0.39 is 0 Å². The molecule has 2 unspecified atom stereocenters. The van der Waals surface area contributed by atoms with Crippen molar-refractivity contribution >= 4 is 46.5 Å². The standard InChI is InChI=1S/C20H16Cl3N3O/c21-16-7-4-8-17(22)15(16)10-26-11-18(23)19(25-26)24-20(27)14-9-13(14)12-5-2-1-3-6-12/h1-8,11,13-14H,9-10H2,(H,24,25,27). The van der Waals surface area contributed by atoms with Gasteiger partial charge >= 0.3 is 0 Å². The molecule has 0 saturated heterocycles. The molecule has 0 spiro atoms. The highest BCUT2D eigenvalue weighted by Crippen LogP contribution is 2.48. The van der Waals surface area contributed by atoms with Gasteiger partial charge in [-0.15, -0.1) is 0 Å². The molecular weight excluding hydrogens is 405 g/mol. The second-order valence-corrected chi connectivity index (χ2v) is 7.79. The van der Waals surface area contributed by atoms with Crippen LogP contribution in [0.1, 0.15) is 23.5 Å². The molecule has 138 valence electrons. The second kappa shape index (κ2) is 7.55. The summed E-state index contributed by atoms with van der Waals surface area (Å²) in [5.41, 5.74) is 1.94. The third-order valence-electron chi connectivity index (χ3n) is 4.70. The first kappa shape index (κ1) is 18.4. The van der Waals surface area contributed by atoms with Gasteiger partial charge < -0.3 is 5.32 Å². The summed E-state index contributed by atoms with van der Waals surface area (Å²) in [6, 6.07) is 15.4. The molecule has 1 fully saturated rings. The maximum Gasteiger partial charge on any atom is 0.229 e. The van der Waals surface area contributed by atoms with Crippen LogP contribution in [0.5, 0.6) is 0 Å². The zero-order valence-corrected chi connectivity index (χ0v) is 16.5. The summed E-state index contributed by atoms with van der Waals surface area (Å²) < 4.78 is 1.62. The maximum atomic E-state index is 12.5. The molecule has 27 heavy (non-hydrogen) atoms. The Morgan fingerprint density at radius 3 is 2.44 bits per heavy atom. The number of amides is 1. The minimum atomic E-state index is -0.0632. The first-order valence-corrected chi connectivity index (χ1v) is 9.68. The minimum absolute atomic E-state index is 0.0494. The van der Waals surface area contributed by atoms with Gasteiger partial charge in [-0.25, -0.2) is 0 Å². The zero-order valence-electron chi connectivity index (χ0n) is 14.2. The molecule has 1 heterocycles. The molecule has 1 amide bonds. The number of carbonyl (C=O) groups excluding carboxylic acids is 1. The molecule has 0 bridgehead atoms. The van der Waals surface area contributed by atoms with Gasteiger partial charge in [0.1, 0.15) is 5.02 Å². The Hall–Kier alpha value is -2.01. The Balaban J connectivity index is 1.44. The summed E-state index contributed by atoms with van der Waals surface area (Å²) in [6.45, 7) is 0.365. The molecule has 1 aliphatic carbocycles. The van der Waals surface area contributed by atoms with E-state index in [1.54, 1.807) is 29.1 Å². The van der Waals surface area contributed by atoms with Crippen LogP contribution in [-0.2, 0) is 11.3 Å². The van der Waals surface area contributed by atoms with Crippen LogP contribution < -0.4 is 5.32 Å². The van der Waals surface area contributed by atoms with E-state index in [0.29, 0.717) is 27.4 Å². The predicted octanol–water partition coefficient (Wildman–Crippen LogP) is 5.63. The van der Waals surface area contributed by atoms with Crippen LogP contribution in [0.3, 0.4) is 0 Å². The van der Waals surface area contributed by atoms with Crippen molar-refractivity contribution in [3.8, 4) is 0 Å². The molecule has 1 saturated carbocycles. The molecular formula is C20H16Cl3N3O. The van der Waals surface area contributed by atoms with Crippen molar-refractivity contribution in [2.45, 2.75) is 18.9 Å². The second-order valence-electron chi connectivity index (χ2n) is 6.57. The maximum absolute atomic E-state index is 12.5. The number of benzene rings is 2. The summed E-state index contributed by atoms with van der Waals surface area (Å²) in [4.78, 5) is 12.5. The van der Waals surface area contributed by atoms with Crippen LogP contribution in [0, 0.1) is 5.92 Å².